The van der Waals surface area contributed by atoms with E-state index < -0.39 is 16.1 Å². The monoisotopic (exact) mass is 457 g/mol. The molecule has 0 aliphatic carbocycles. The van der Waals surface area contributed by atoms with Crippen LogP contribution in [0.5, 0.6) is 5.75 Å². The summed E-state index contributed by atoms with van der Waals surface area (Å²) in [7, 11) is -2.20. The Hall–Kier alpha value is -2.42. The molecule has 1 amide bonds. The summed E-state index contributed by atoms with van der Waals surface area (Å²) in [5, 5.41) is 3.13. The minimum absolute atomic E-state index is 0.0839. The van der Waals surface area contributed by atoms with Gasteiger partial charge in [0.15, 0.2) is 0 Å². The van der Waals surface area contributed by atoms with E-state index in [9.17, 15) is 13.2 Å². The number of hydrogen-bond acceptors (Lipinski definition) is 5. The van der Waals surface area contributed by atoms with Gasteiger partial charge in [-0.05, 0) is 55.5 Å². The number of piperidine rings is 1. The molecule has 2 saturated heterocycles. The fourth-order valence-corrected chi connectivity index (χ4v) is 6.20. The van der Waals surface area contributed by atoms with Crippen molar-refractivity contribution in [1.29, 1.82) is 0 Å². The van der Waals surface area contributed by atoms with Crippen LogP contribution in [-0.4, -0.2) is 62.4 Å². The molecule has 0 radical (unpaired) electrons. The molecular weight excluding hydrogens is 426 g/mol. The number of likely N-dealkylation sites (tertiary alicyclic amines) is 1. The summed E-state index contributed by atoms with van der Waals surface area (Å²) in [5.74, 6) is 0.416. The van der Waals surface area contributed by atoms with E-state index in [1.165, 1.54) is 29.1 Å². The predicted octanol–water partition coefficient (Wildman–Crippen LogP) is 2.63. The molecule has 0 unspecified atom stereocenters. The van der Waals surface area contributed by atoms with Gasteiger partial charge < -0.3 is 10.1 Å². The zero-order valence-corrected chi connectivity index (χ0v) is 19.3. The molecule has 1 atom stereocenters. The van der Waals surface area contributed by atoms with Gasteiger partial charge in [-0.3, -0.25) is 9.69 Å². The molecule has 2 heterocycles. The lowest BCUT2D eigenvalue weighted by molar-refractivity contribution is -0.125. The maximum atomic E-state index is 13.2. The molecule has 172 valence electrons. The van der Waals surface area contributed by atoms with E-state index in [-0.39, 0.29) is 16.8 Å². The van der Waals surface area contributed by atoms with E-state index >= 15 is 0 Å². The Kier molecular flexibility index (Phi) is 7.13. The molecule has 2 aliphatic rings. The van der Waals surface area contributed by atoms with Crippen LogP contribution >= 0.6 is 0 Å². The number of nitrogens with zero attached hydrogens (tertiary/aromatic N) is 2. The maximum Gasteiger partial charge on any atom is 0.243 e. The Morgan fingerprint density at radius 1 is 1.00 bits per heavy atom. The number of methoxy groups -OCH3 is 1. The van der Waals surface area contributed by atoms with Crippen molar-refractivity contribution in [2.45, 2.75) is 49.2 Å². The van der Waals surface area contributed by atoms with Crippen LogP contribution in [0.15, 0.2) is 59.5 Å². The minimum Gasteiger partial charge on any atom is -0.497 e. The highest BCUT2D eigenvalue weighted by Crippen LogP contribution is 2.27. The molecule has 1 N–H and O–H groups in total. The quantitative estimate of drug-likeness (QED) is 0.692. The number of carbonyl (C=O) groups excluding carboxylic acids is 1. The number of rotatable bonds is 7. The number of nitrogens with one attached hydrogen (secondary N) is 1. The molecule has 0 saturated carbocycles. The highest BCUT2D eigenvalue weighted by molar-refractivity contribution is 7.89. The minimum atomic E-state index is -3.73. The van der Waals surface area contributed by atoms with Gasteiger partial charge in [-0.1, -0.05) is 30.3 Å². The van der Waals surface area contributed by atoms with Crippen molar-refractivity contribution in [2.75, 3.05) is 26.7 Å². The van der Waals surface area contributed by atoms with E-state index in [1.807, 2.05) is 6.07 Å². The maximum absolute atomic E-state index is 13.2. The van der Waals surface area contributed by atoms with Crippen molar-refractivity contribution in [2.24, 2.45) is 0 Å². The van der Waals surface area contributed by atoms with Crippen LogP contribution in [0.25, 0.3) is 0 Å². The third-order valence-corrected chi connectivity index (χ3v) is 8.28. The number of carbonyl (C=O) groups is 1. The average Bonchev–Trinajstić information content (AvgIpc) is 3.32. The predicted molar refractivity (Wildman–Crippen MR) is 123 cm³/mol. The Morgan fingerprint density at radius 3 is 2.34 bits per heavy atom. The van der Waals surface area contributed by atoms with E-state index in [1.54, 1.807) is 12.1 Å². The van der Waals surface area contributed by atoms with Crippen molar-refractivity contribution >= 4 is 15.9 Å². The van der Waals surface area contributed by atoms with Gasteiger partial charge in [0.25, 0.3) is 0 Å². The van der Waals surface area contributed by atoms with Crippen LogP contribution < -0.4 is 10.1 Å². The summed E-state index contributed by atoms with van der Waals surface area (Å²) >= 11 is 0. The van der Waals surface area contributed by atoms with Crippen LogP contribution in [-0.2, 0) is 21.4 Å². The molecule has 2 aromatic rings. The molecule has 0 aromatic heterocycles. The van der Waals surface area contributed by atoms with Crippen molar-refractivity contribution in [3.05, 3.63) is 60.2 Å². The van der Waals surface area contributed by atoms with E-state index in [2.05, 4.69) is 34.5 Å². The second-order valence-electron chi connectivity index (χ2n) is 8.49. The van der Waals surface area contributed by atoms with Crippen molar-refractivity contribution < 1.29 is 17.9 Å². The Bertz CT molecular complexity index is 1000. The van der Waals surface area contributed by atoms with Gasteiger partial charge in [0, 0.05) is 32.2 Å². The van der Waals surface area contributed by atoms with Gasteiger partial charge in [-0.25, -0.2) is 8.42 Å². The second kappa shape index (κ2) is 10.0. The first-order chi connectivity index (χ1) is 15.5. The lowest BCUT2D eigenvalue weighted by Gasteiger charge is -2.33. The first-order valence-electron chi connectivity index (χ1n) is 11.2. The number of hydrogen-bond donors (Lipinski definition) is 1. The number of benzene rings is 2. The average molecular weight is 458 g/mol. The van der Waals surface area contributed by atoms with Crippen molar-refractivity contribution in [3.8, 4) is 5.75 Å². The van der Waals surface area contributed by atoms with Gasteiger partial charge in [-0.2, -0.15) is 4.31 Å². The second-order valence-corrected chi connectivity index (χ2v) is 10.4. The molecule has 0 bridgehead atoms. The standard InChI is InChI=1S/C24H31N3O4S/c1-31-21-9-11-22(12-10-21)32(29,30)27-15-5-8-23(27)24(28)25-20-13-16-26(17-14-20)18-19-6-3-2-4-7-19/h2-4,6-7,9-12,20,23H,5,8,13-18H2,1H3,(H,25,28)/t23-/m1/s1. The topological polar surface area (TPSA) is 79.0 Å². The normalized spacial score (nSPS) is 20.8. The van der Waals surface area contributed by atoms with Crippen molar-refractivity contribution in [1.82, 2.24) is 14.5 Å². The SMILES string of the molecule is COc1ccc(S(=O)(=O)N2CCC[C@@H]2C(=O)NC2CCN(Cc3ccccc3)CC2)cc1. The van der Waals surface area contributed by atoms with Crippen LogP contribution in [0, 0.1) is 0 Å². The van der Waals surface area contributed by atoms with Gasteiger partial charge >= 0.3 is 0 Å². The lowest BCUT2D eigenvalue weighted by atomic mass is 10.0. The molecule has 2 fully saturated rings. The smallest absolute Gasteiger partial charge is 0.243 e. The van der Waals surface area contributed by atoms with Crippen LogP contribution in [0.4, 0.5) is 0 Å². The summed E-state index contributed by atoms with van der Waals surface area (Å²) in [4.78, 5) is 15.6. The zero-order chi connectivity index (χ0) is 22.6. The van der Waals surface area contributed by atoms with Gasteiger partial charge in [0.1, 0.15) is 11.8 Å². The van der Waals surface area contributed by atoms with E-state index in [0.29, 0.717) is 25.1 Å². The van der Waals surface area contributed by atoms with Gasteiger partial charge in [0.2, 0.25) is 15.9 Å². The summed E-state index contributed by atoms with van der Waals surface area (Å²) < 4.78 is 32.8. The number of ether oxygens (including phenoxy) is 1. The molecule has 32 heavy (non-hydrogen) atoms. The Morgan fingerprint density at radius 2 is 1.69 bits per heavy atom. The first kappa shape index (κ1) is 22.8. The molecule has 2 aromatic carbocycles. The molecular formula is C24H31N3O4S. The first-order valence-corrected chi connectivity index (χ1v) is 12.6. The Balaban J connectivity index is 1.33. The molecule has 7 nitrogen and oxygen atoms in total. The number of amides is 1. The highest BCUT2D eigenvalue weighted by Gasteiger charge is 2.40. The third-order valence-electron chi connectivity index (χ3n) is 6.36. The lowest BCUT2D eigenvalue weighted by Crippen LogP contribution is -2.51. The van der Waals surface area contributed by atoms with Crippen molar-refractivity contribution in [3.63, 3.8) is 0 Å². The fourth-order valence-electron chi connectivity index (χ4n) is 4.55. The molecule has 4 rings (SSSR count). The van der Waals surface area contributed by atoms with Gasteiger partial charge in [0.05, 0.1) is 12.0 Å². The third kappa shape index (κ3) is 5.14. The van der Waals surface area contributed by atoms with Crippen LogP contribution in [0.1, 0.15) is 31.2 Å². The van der Waals surface area contributed by atoms with Crippen LogP contribution in [0.3, 0.4) is 0 Å². The molecule has 2 aliphatic heterocycles. The highest BCUT2D eigenvalue weighted by atomic mass is 32.2. The Labute approximate surface area is 190 Å². The molecule has 0 spiro atoms. The van der Waals surface area contributed by atoms with E-state index in [0.717, 1.165) is 32.5 Å². The zero-order valence-electron chi connectivity index (χ0n) is 18.4. The summed E-state index contributed by atoms with van der Waals surface area (Å²) in [5.41, 5.74) is 1.29. The fraction of sp³-hybridized carbons (Fsp3) is 0.458. The van der Waals surface area contributed by atoms with Crippen LogP contribution in [0.2, 0.25) is 0 Å². The largest absolute Gasteiger partial charge is 0.497 e. The summed E-state index contributed by atoms with van der Waals surface area (Å²) in [6, 6.07) is 16.1. The number of sulfonamides is 1. The summed E-state index contributed by atoms with van der Waals surface area (Å²) in [6.45, 7) is 3.11. The summed E-state index contributed by atoms with van der Waals surface area (Å²) in [6.07, 6.45) is 2.98. The molecule has 8 heteroatoms. The van der Waals surface area contributed by atoms with E-state index in [4.69, 9.17) is 4.74 Å². The van der Waals surface area contributed by atoms with Gasteiger partial charge in [-0.15, -0.1) is 0 Å².